The Morgan fingerprint density at radius 1 is 0.947 bits per heavy atom. The molecule has 94 valence electrons. The molecule has 3 aromatic rings. The number of pyridine rings is 1. The molecule has 2 heterocycles. The third kappa shape index (κ3) is 2.63. The van der Waals surface area contributed by atoms with Gasteiger partial charge in [0.05, 0.1) is 0 Å². The van der Waals surface area contributed by atoms with Crippen molar-refractivity contribution in [2.24, 2.45) is 0 Å². The van der Waals surface area contributed by atoms with Crippen LogP contribution in [0.4, 0.5) is 0 Å². The number of hydrogen-bond acceptors (Lipinski definition) is 3. The summed E-state index contributed by atoms with van der Waals surface area (Å²) in [6.07, 6.45) is 5.20. The van der Waals surface area contributed by atoms with Crippen LogP contribution in [0.1, 0.15) is 5.56 Å². The average Bonchev–Trinajstić information content (AvgIpc) is 3.01. The minimum absolute atomic E-state index is 0.514. The van der Waals surface area contributed by atoms with Crippen LogP contribution in [-0.2, 0) is 6.61 Å². The van der Waals surface area contributed by atoms with Gasteiger partial charge in [0.15, 0.2) is 5.82 Å². The van der Waals surface area contributed by atoms with Crippen LogP contribution in [0.15, 0.2) is 61.1 Å². The Kier molecular flexibility index (Phi) is 3.23. The largest absolute Gasteiger partial charge is 0.486 e. The highest BCUT2D eigenvalue weighted by Crippen LogP contribution is 2.25. The molecule has 0 fully saturated rings. The molecule has 0 atom stereocenters. The van der Waals surface area contributed by atoms with Crippen LogP contribution in [0.3, 0.4) is 0 Å². The number of hydrogen-bond donors (Lipinski definition) is 1. The van der Waals surface area contributed by atoms with Gasteiger partial charge in [-0.25, -0.2) is 9.97 Å². The first-order chi connectivity index (χ1) is 9.43. The number of aromatic amines is 1. The molecule has 19 heavy (non-hydrogen) atoms. The lowest BCUT2D eigenvalue weighted by atomic mass is 10.2. The summed E-state index contributed by atoms with van der Waals surface area (Å²) in [6.45, 7) is 0.514. The smallest absolute Gasteiger partial charge is 0.159 e. The van der Waals surface area contributed by atoms with Crippen molar-refractivity contribution in [1.29, 1.82) is 0 Å². The summed E-state index contributed by atoms with van der Waals surface area (Å²) >= 11 is 0. The number of benzene rings is 1. The van der Waals surface area contributed by atoms with Crippen LogP contribution >= 0.6 is 0 Å². The Bertz CT molecular complexity index is 636. The molecule has 4 nitrogen and oxygen atoms in total. The Balaban J connectivity index is 1.82. The predicted octanol–water partition coefficient (Wildman–Crippen LogP) is 3.05. The summed E-state index contributed by atoms with van der Waals surface area (Å²) in [4.78, 5) is 11.6. The third-order valence-electron chi connectivity index (χ3n) is 2.73. The minimum atomic E-state index is 0.514. The monoisotopic (exact) mass is 251 g/mol. The molecule has 1 aromatic carbocycles. The topological polar surface area (TPSA) is 50.8 Å². The van der Waals surface area contributed by atoms with E-state index in [1.54, 1.807) is 18.6 Å². The number of nitrogens with one attached hydrogen (secondary N) is 1. The van der Waals surface area contributed by atoms with Crippen molar-refractivity contribution in [2.75, 3.05) is 0 Å². The predicted molar refractivity (Wildman–Crippen MR) is 72.6 cm³/mol. The van der Waals surface area contributed by atoms with E-state index < -0.39 is 0 Å². The summed E-state index contributed by atoms with van der Waals surface area (Å²) in [5, 5.41) is 0. The molecule has 2 aromatic heterocycles. The molecule has 0 unspecified atom stereocenters. The van der Waals surface area contributed by atoms with Gasteiger partial charge in [-0.15, -0.1) is 0 Å². The van der Waals surface area contributed by atoms with Crippen molar-refractivity contribution >= 4 is 0 Å². The molecule has 0 saturated heterocycles. The van der Waals surface area contributed by atoms with Gasteiger partial charge in [0.1, 0.15) is 18.1 Å². The number of nitrogens with zero attached hydrogens (tertiary/aromatic N) is 2. The van der Waals surface area contributed by atoms with Crippen molar-refractivity contribution in [3.8, 4) is 17.3 Å². The molecule has 0 aliphatic heterocycles. The van der Waals surface area contributed by atoms with E-state index in [0.29, 0.717) is 12.4 Å². The number of rotatable bonds is 4. The van der Waals surface area contributed by atoms with Crippen LogP contribution in [0, 0.1) is 0 Å². The SMILES string of the molecule is c1ccc(COc2cccnc2-c2ncc[nH]2)cc1. The molecular formula is C15H13N3O. The molecule has 0 amide bonds. The highest BCUT2D eigenvalue weighted by atomic mass is 16.5. The van der Waals surface area contributed by atoms with Gasteiger partial charge in [-0.05, 0) is 17.7 Å². The van der Waals surface area contributed by atoms with Gasteiger partial charge in [0.25, 0.3) is 0 Å². The van der Waals surface area contributed by atoms with Crippen LogP contribution < -0.4 is 4.74 Å². The number of aromatic nitrogens is 3. The maximum atomic E-state index is 5.82. The first kappa shape index (κ1) is 11.5. The van der Waals surface area contributed by atoms with E-state index in [-0.39, 0.29) is 0 Å². The summed E-state index contributed by atoms with van der Waals surface area (Å²) in [7, 11) is 0. The fourth-order valence-electron chi connectivity index (χ4n) is 1.81. The van der Waals surface area contributed by atoms with Gasteiger partial charge in [0.2, 0.25) is 0 Å². The van der Waals surface area contributed by atoms with Crippen molar-refractivity contribution < 1.29 is 4.74 Å². The number of H-pyrrole nitrogens is 1. The fraction of sp³-hybridized carbons (Fsp3) is 0.0667. The molecule has 4 heteroatoms. The van der Waals surface area contributed by atoms with Crippen LogP contribution in [-0.4, -0.2) is 15.0 Å². The Morgan fingerprint density at radius 2 is 1.84 bits per heavy atom. The zero-order valence-corrected chi connectivity index (χ0v) is 10.3. The van der Waals surface area contributed by atoms with E-state index in [0.717, 1.165) is 17.0 Å². The van der Waals surface area contributed by atoms with Crippen LogP contribution in [0.5, 0.6) is 5.75 Å². The van der Waals surface area contributed by atoms with Gasteiger partial charge < -0.3 is 9.72 Å². The van der Waals surface area contributed by atoms with Crippen molar-refractivity contribution in [2.45, 2.75) is 6.61 Å². The molecular weight excluding hydrogens is 238 g/mol. The van der Waals surface area contributed by atoms with E-state index in [2.05, 4.69) is 15.0 Å². The average molecular weight is 251 g/mol. The number of ether oxygens (including phenoxy) is 1. The first-order valence-electron chi connectivity index (χ1n) is 6.05. The van der Waals surface area contributed by atoms with Gasteiger partial charge in [-0.3, -0.25) is 0 Å². The standard InChI is InChI=1S/C15H13N3O/c1-2-5-12(6-3-1)11-19-13-7-4-8-16-14(13)15-17-9-10-18-15/h1-10H,11H2,(H,17,18). The molecule has 0 spiro atoms. The maximum absolute atomic E-state index is 5.82. The lowest BCUT2D eigenvalue weighted by molar-refractivity contribution is 0.306. The summed E-state index contributed by atoms with van der Waals surface area (Å²) in [5.74, 6) is 1.44. The number of imidazole rings is 1. The molecule has 0 radical (unpaired) electrons. The van der Waals surface area contributed by atoms with Crippen LogP contribution in [0.25, 0.3) is 11.5 Å². The lowest BCUT2D eigenvalue weighted by Gasteiger charge is -2.09. The summed E-state index contributed by atoms with van der Waals surface area (Å²) < 4.78 is 5.82. The summed E-state index contributed by atoms with van der Waals surface area (Å²) in [5.41, 5.74) is 1.85. The van der Waals surface area contributed by atoms with Gasteiger partial charge in [0, 0.05) is 18.6 Å². The molecule has 0 saturated carbocycles. The van der Waals surface area contributed by atoms with Gasteiger partial charge in [-0.2, -0.15) is 0 Å². The zero-order valence-electron chi connectivity index (χ0n) is 10.3. The Morgan fingerprint density at radius 3 is 2.63 bits per heavy atom. The molecule has 0 bridgehead atoms. The second kappa shape index (κ2) is 5.35. The second-order valence-corrected chi connectivity index (χ2v) is 4.06. The second-order valence-electron chi connectivity index (χ2n) is 4.06. The minimum Gasteiger partial charge on any atom is -0.486 e. The lowest BCUT2D eigenvalue weighted by Crippen LogP contribution is -1.98. The molecule has 3 rings (SSSR count). The van der Waals surface area contributed by atoms with Crippen LogP contribution in [0.2, 0.25) is 0 Å². The van der Waals surface area contributed by atoms with Gasteiger partial charge in [-0.1, -0.05) is 30.3 Å². The zero-order chi connectivity index (χ0) is 12.9. The Hall–Kier alpha value is -2.62. The highest BCUT2D eigenvalue weighted by Gasteiger charge is 2.09. The van der Waals surface area contributed by atoms with Crippen molar-refractivity contribution in [1.82, 2.24) is 15.0 Å². The third-order valence-corrected chi connectivity index (χ3v) is 2.73. The Labute approximate surface area is 111 Å². The maximum Gasteiger partial charge on any atom is 0.159 e. The molecule has 0 aliphatic carbocycles. The fourth-order valence-corrected chi connectivity index (χ4v) is 1.81. The first-order valence-corrected chi connectivity index (χ1v) is 6.05. The van der Waals surface area contributed by atoms with E-state index >= 15 is 0 Å². The quantitative estimate of drug-likeness (QED) is 0.775. The highest BCUT2D eigenvalue weighted by molar-refractivity contribution is 5.58. The van der Waals surface area contributed by atoms with Crippen molar-refractivity contribution in [3.05, 3.63) is 66.6 Å². The van der Waals surface area contributed by atoms with Crippen molar-refractivity contribution in [3.63, 3.8) is 0 Å². The van der Waals surface area contributed by atoms with E-state index in [1.165, 1.54) is 0 Å². The van der Waals surface area contributed by atoms with E-state index in [9.17, 15) is 0 Å². The molecule has 0 aliphatic rings. The van der Waals surface area contributed by atoms with Gasteiger partial charge >= 0.3 is 0 Å². The van der Waals surface area contributed by atoms with E-state index in [4.69, 9.17) is 4.74 Å². The summed E-state index contributed by atoms with van der Waals surface area (Å²) in [6, 6.07) is 13.8. The van der Waals surface area contributed by atoms with E-state index in [1.807, 2.05) is 42.5 Å². The normalized spacial score (nSPS) is 10.3. The molecule has 1 N–H and O–H groups in total.